The van der Waals surface area contributed by atoms with Crippen molar-refractivity contribution in [3.63, 3.8) is 0 Å². The lowest BCUT2D eigenvalue weighted by Gasteiger charge is -2.55. The molecule has 4 heterocycles. The molecule has 12 nitrogen and oxygen atoms in total. The first-order chi connectivity index (χ1) is 28.2. The Hall–Kier alpha value is -6.40. The Morgan fingerprint density at radius 1 is 0.845 bits per heavy atom. The van der Waals surface area contributed by atoms with E-state index in [1.54, 1.807) is 50.2 Å². The Morgan fingerprint density at radius 2 is 1.55 bits per heavy atom. The number of hydrogen-bond acceptors (Lipinski definition) is 7. The lowest BCUT2D eigenvalue weighted by Crippen LogP contribution is -2.75. The van der Waals surface area contributed by atoms with Gasteiger partial charge in [-0.2, -0.15) is 0 Å². The predicted molar refractivity (Wildman–Crippen MR) is 223 cm³/mol. The summed E-state index contributed by atoms with van der Waals surface area (Å²) in [6, 6.07) is 31.7. The molecule has 3 saturated heterocycles. The molecule has 0 saturated carbocycles. The summed E-state index contributed by atoms with van der Waals surface area (Å²) in [4.78, 5) is 64.8. The van der Waals surface area contributed by atoms with Gasteiger partial charge in [-0.3, -0.25) is 19.2 Å². The van der Waals surface area contributed by atoms with E-state index in [-0.39, 0.29) is 68.4 Å². The van der Waals surface area contributed by atoms with Gasteiger partial charge in [0, 0.05) is 76.4 Å². The van der Waals surface area contributed by atoms with Crippen LogP contribution >= 0.6 is 0 Å². The molecule has 0 radical (unpaired) electrons. The van der Waals surface area contributed by atoms with Gasteiger partial charge in [0.15, 0.2) is 0 Å². The molecule has 3 aliphatic rings. The smallest absolute Gasteiger partial charge is 0.256 e. The van der Waals surface area contributed by atoms with E-state index in [0.29, 0.717) is 25.1 Å². The van der Waals surface area contributed by atoms with E-state index >= 15 is 0 Å². The van der Waals surface area contributed by atoms with Crippen molar-refractivity contribution < 1.29 is 24.3 Å². The summed E-state index contributed by atoms with van der Waals surface area (Å²) >= 11 is 0. The number of piperazine rings is 2. The van der Waals surface area contributed by atoms with Crippen LogP contribution in [-0.2, 0) is 40.8 Å². The number of benzene rings is 4. The molecule has 4 amide bonds. The van der Waals surface area contributed by atoms with Gasteiger partial charge in [0.05, 0.1) is 24.2 Å². The van der Waals surface area contributed by atoms with E-state index in [1.807, 2.05) is 89.4 Å². The Kier molecular flexibility index (Phi) is 11.0. The molecule has 0 aliphatic carbocycles. The summed E-state index contributed by atoms with van der Waals surface area (Å²) in [6.45, 7) is 7.11. The summed E-state index contributed by atoms with van der Waals surface area (Å²) in [5, 5.41) is 14.2. The lowest BCUT2D eigenvalue weighted by molar-refractivity contribution is -0.205. The monoisotopic (exact) mass is 779 g/mol. The molecule has 5 aromatic rings. The van der Waals surface area contributed by atoms with Gasteiger partial charge in [0.25, 0.3) is 5.91 Å². The third-order valence-corrected chi connectivity index (χ3v) is 11.6. The van der Waals surface area contributed by atoms with Crippen molar-refractivity contribution in [3.8, 4) is 5.75 Å². The number of aromatic hydroxyl groups is 1. The van der Waals surface area contributed by atoms with Gasteiger partial charge in [-0.05, 0) is 47.4 Å². The first-order valence-electron chi connectivity index (χ1n) is 20.0. The van der Waals surface area contributed by atoms with Crippen LogP contribution in [0, 0.1) is 0 Å². The van der Waals surface area contributed by atoms with Gasteiger partial charge in [0.2, 0.25) is 17.7 Å². The fourth-order valence-electron chi connectivity index (χ4n) is 8.80. The fraction of sp³-hybridized carbons (Fsp3) is 0.304. The van der Waals surface area contributed by atoms with Crippen molar-refractivity contribution >= 4 is 40.2 Å². The Bertz CT molecular complexity index is 2300. The number of phenolic OH excluding ortho intramolecular Hbond substituents is 1. The van der Waals surface area contributed by atoms with E-state index < -0.39 is 12.2 Å². The first-order valence-corrected chi connectivity index (χ1v) is 20.0. The van der Waals surface area contributed by atoms with E-state index in [9.17, 15) is 24.3 Å². The van der Waals surface area contributed by atoms with E-state index in [0.717, 1.165) is 46.4 Å². The highest BCUT2D eigenvalue weighted by Gasteiger charge is 2.51. The maximum Gasteiger partial charge on any atom is 0.256 e. The van der Waals surface area contributed by atoms with E-state index in [1.165, 1.54) is 0 Å². The molecule has 298 valence electrons. The molecular formula is C46H49N7O5. The predicted octanol–water partition coefficient (Wildman–Crippen LogP) is 4.83. The van der Waals surface area contributed by atoms with Gasteiger partial charge >= 0.3 is 0 Å². The largest absolute Gasteiger partial charge is 0.508 e. The summed E-state index contributed by atoms with van der Waals surface area (Å²) in [5.74, 6) is -0.547. The molecule has 8 rings (SSSR count). The number of nitrogens with zero attached hydrogens (tertiary/aromatic N) is 7. The number of aromatic nitrogens is 1. The number of amides is 4. The zero-order chi connectivity index (χ0) is 40.3. The molecule has 0 bridgehead atoms. The number of rotatable bonds is 11. The SMILES string of the molecule is C=CCN1CC(=O)N2[C@@H](Cc3ccc(O)cc3)C(=O)N(Cc3cccc4c(C(=O)N5CCN(c6ccccc6)CC5)cn(C)c34)C[C@@H]2N1C(=O)CCc1ccccc1. The van der Waals surface area contributed by atoms with Crippen molar-refractivity contribution in [3.05, 3.63) is 144 Å². The van der Waals surface area contributed by atoms with Crippen LogP contribution in [0.3, 0.4) is 0 Å². The number of carbonyl (C=O) groups excluding carboxylic acids is 4. The van der Waals surface area contributed by atoms with E-state index in [4.69, 9.17) is 0 Å². The maximum atomic E-state index is 14.7. The van der Waals surface area contributed by atoms with Crippen molar-refractivity contribution in [2.75, 3.05) is 50.7 Å². The number of hydrazine groups is 1. The summed E-state index contributed by atoms with van der Waals surface area (Å²) < 4.78 is 1.96. The van der Waals surface area contributed by atoms with Crippen molar-refractivity contribution in [2.45, 2.75) is 38.0 Å². The van der Waals surface area contributed by atoms with Crippen LogP contribution in [0.15, 0.2) is 122 Å². The second kappa shape index (κ2) is 16.6. The maximum absolute atomic E-state index is 14.7. The second-order valence-corrected chi connectivity index (χ2v) is 15.3. The van der Waals surface area contributed by atoms with Gasteiger partial charge < -0.3 is 29.3 Å². The first kappa shape index (κ1) is 38.5. The van der Waals surface area contributed by atoms with Gasteiger partial charge in [-0.1, -0.05) is 84.9 Å². The van der Waals surface area contributed by atoms with Crippen molar-refractivity contribution in [1.29, 1.82) is 0 Å². The summed E-state index contributed by atoms with van der Waals surface area (Å²) in [5.41, 5.74) is 5.27. The average molecular weight is 780 g/mol. The Balaban J connectivity index is 1.09. The molecular weight excluding hydrogens is 731 g/mol. The third-order valence-electron chi connectivity index (χ3n) is 11.6. The van der Waals surface area contributed by atoms with Crippen LogP contribution in [0.1, 0.15) is 33.5 Å². The van der Waals surface area contributed by atoms with E-state index in [2.05, 4.69) is 23.6 Å². The number of carbonyl (C=O) groups is 4. The number of phenols is 1. The molecule has 4 aromatic carbocycles. The molecule has 0 unspecified atom stereocenters. The fourth-order valence-corrected chi connectivity index (χ4v) is 8.80. The number of anilines is 1. The summed E-state index contributed by atoms with van der Waals surface area (Å²) in [7, 11) is 1.92. The minimum absolute atomic E-state index is 0.0261. The highest BCUT2D eigenvalue weighted by Crippen LogP contribution is 2.33. The van der Waals surface area contributed by atoms with Gasteiger partial charge in [-0.15, -0.1) is 6.58 Å². The number of fused-ring (bicyclic) bond motifs is 2. The molecule has 3 aliphatic heterocycles. The molecule has 58 heavy (non-hydrogen) atoms. The highest BCUT2D eigenvalue weighted by atomic mass is 16.3. The molecule has 0 spiro atoms. The zero-order valence-electron chi connectivity index (χ0n) is 32.8. The van der Waals surface area contributed by atoms with Crippen molar-refractivity contribution in [2.24, 2.45) is 7.05 Å². The molecule has 3 fully saturated rings. The van der Waals surface area contributed by atoms with Crippen LogP contribution in [0.5, 0.6) is 5.75 Å². The highest BCUT2D eigenvalue weighted by molar-refractivity contribution is 6.08. The number of aryl methyl sites for hydroxylation is 2. The lowest BCUT2D eigenvalue weighted by atomic mass is 9.97. The number of para-hydroxylation sites is 2. The second-order valence-electron chi connectivity index (χ2n) is 15.3. The molecule has 2 atom stereocenters. The minimum atomic E-state index is -0.898. The number of hydrogen-bond donors (Lipinski definition) is 1. The molecule has 1 N–H and O–H groups in total. The summed E-state index contributed by atoms with van der Waals surface area (Å²) in [6.07, 6.45) is 3.75. The third kappa shape index (κ3) is 7.67. The Labute approximate surface area is 338 Å². The standard InChI is InChI=1S/C46H49N7O5/c1-3-23-51-32-43(56)52-40(28-34-17-20-37(54)21-18-34)46(58)50(31-41(52)53(51)42(55)22-19-33-11-6-4-7-12-33)29-35-13-10-16-38-39(30-47(2)44(35)38)45(57)49-26-24-48(25-27-49)36-14-8-5-9-15-36/h3-18,20-21,30,40-41,54H,1,19,22-29,31-32H2,2H3/t40-,41-/m0/s1. The average Bonchev–Trinajstić information content (AvgIpc) is 3.59. The zero-order valence-corrected chi connectivity index (χ0v) is 32.8. The normalized spacial score (nSPS) is 18.8. The quantitative estimate of drug-likeness (QED) is 0.191. The topological polar surface area (TPSA) is 113 Å². The van der Waals surface area contributed by atoms with Crippen LogP contribution in [0.2, 0.25) is 0 Å². The minimum Gasteiger partial charge on any atom is -0.508 e. The van der Waals surface area contributed by atoms with Gasteiger partial charge in [0.1, 0.15) is 18.0 Å². The van der Waals surface area contributed by atoms with Crippen LogP contribution in [-0.4, -0.2) is 116 Å². The van der Waals surface area contributed by atoms with Crippen LogP contribution in [0.25, 0.3) is 10.9 Å². The van der Waals surface area contributed by atoms with Crippen molar-refractivity contribution in [1.82, 2.24) is 29.3 Å². The molecule has 1 aromatic heterocycles. The van der Waals surface area contributed by atoms with Gasteiger partial charge in [-0.25, -0.2) is 10.0 Å². The van der Waals surface area contributed by atoms with Crippen LogP contribution in [0.4, 0.5) is 5.69 Å². The Morgan fingerprint density at radius 3 is 2.26 bits per heavy atom. The molecule has 12 heteroatoms. The van der Waals surface area contributed by atoms with Crippen LogP contribution < -0.4 is 4.90 Å².